The van der Waals surface area contributed by atoms with Gasteiger partial charge in [-0.25, -0.2) is 8.42 Å². The molecule has 0 fully saturated rings. The van der Waals surface area contributed by atoms with Gasteiger partial charge in [0.1, 0.15) is 12.6 Å². The van der Waals surface area contributed by atoms with Crippen LogP contribution in [0.2, 0.25) is 15.1 Å². The third-order valence-electron chi connectivity index (χ3n) is 6.51. The average Bonchev–Trinajstić information content (AvgIpc) is 2.92. The molecule has 0 unspecified atom stereocenters. The molecule has 0 aliphatic heterocycles. The van der Waals surface area contributed by atoms with Crippen LogP contribution in [0.4, 0.5) is 5.69 Å². The number of rotatable bonds is 11. The maximum absolute atomic E-state index is 13.9. The first-order valence-corrected chi connectivity index (χ1v) is 15.3. The summed E-state index contributed by atoms with van der Waals surface area (Å²) in [6, 6.07) is 16.5. The lowest BCUT2D eigenvalue weighted by molar-refractivity contribution is -0.139. The molecule has 0 saturated heterocycles. The SMILES string of the molecule is CC[C@H](C)NC(=O)[C@@H](C)N(Cc1ccc(Cl)cc1)C(=O)CN(c1ccc(Cl)c(Cl)c1)S(=O)(=O)c1ccc(C)cc1. The van der Waals surface area contributed by atoms with E-state index in [4.69, 9.17) is 34.8 Å². The average molecular weight is 625 g/mol. The summed E-state index contributed by atoms with van der Waals surface area (Å²) in [5.74, 6) is -0.928. The molecule has 0 radical (unpaired) electrons. The van der Waals surface area contributed by atoms with Gasteiger partial charge in [-0.05, 0) is 75.2 Å². The van der Waals surface area contributed by atoms with E-state index in [-0.39, 0.29) is 39.1 Å². The van der Waals surface area contributed by atoms with Gasteiger partial charge in [-0.1, -0.05) is 71.6 Å². The minimum Gasteiger partial charge on any atom is -0.352 e. The number of nitrogens with zero attached hydrogens (tertiary/aromatic N) is 2. The highest BCUT2D eigenvalue weighted by Gasteiger charge is 2.33. The number of amides is 2. The molecule has 3 aromatic carbocycles. The minimum atomic E-state index is -4.21. The predicted octanol–water partition coefficient (Wildman–Crippen LogP) is 6.48. The summed E-state index contributed by atoms with van der Waals surface area (Å²) in [6.45, 7) is 6.75. The lowest BCUT2D eigenvalue weighted by Crippen LogP contribution is -2.52. The summed E-state index contributed by atoms with van der Waals surface area (Å²) < 4.78 is 28.7. The number of hydrogen-bond donors (Lipinski definition) is 1. The van der Waals surface area contributed by atoms with Crippen molar-refractivity contribution in [2.45, 2.75) is 57.6 Å². The van der Waals surface area contributed by atoms with Crippen LogP contribution >= 0.6 is 34.8 Å². The smallest absolute Gasteiger partial charge is 0.264 e. The Morgan fingerprint density at radius 3 is 2.10 bits per heavy atom. The van der Waals surface area contributed by atoms with Crippen molar-refractivity contribution >= 4 is 62.3 Å². The molecule has 3 rings (SSSR count). The van der Waals surface area contributed by atoms with E-state index >= 15 is 0 Å². The Hall–Kier alpha value is -2.78. The quantitative estimate of drug-likeness (QED) is 0.265. The molecule has 0 aromatic heterocycles. The van der Waals surface area contributed by atoms with E-state index in [0.29, 0.717) is 11.4 Å². The Bertz CT molecular complexity index is 1450. The van der Waals surface area contributed by atoms with Crippen molar-refractivity contribution in [3.8, 4) is 0 Å². The lowest BCUT2D eigenvalue weighted by atomic mass is 10.1. The van der Waals surface area contributed by atoms with E-state index in [0.717, 1.165) is 15.4 Å². The first kappa shape index (κ1) is 31.7. The predicted molar refractivity (Wildman–Crippen MR) is 162 cm³/mol. The summed E-state index contributed by atoms with van der Waals surface area (Å²) in [6.07, 6.45) is 0.712. The molecule has 40 heavy (non-hydrogen) atoms. The zero-order valence-electron chi connectivity index (χ0n) is 22.7. The van der Waals surface area contributed by atoms with Gasteiger partial charge in [-0.2, -0.15) is 0 Å². The normalized spacial score (nSPS) is 12.9. The molecular weight excluding hydrogens is 593 g/mol. The number of carbonyl (C=O) groups excluding carboxylic acids is 2. The summed E-state index contributed by atoms with van der Waals surface area (Å²) in [5, 5.41) is 3.80. The third-order valence-corrected chi connectivity index (χ3v) is 9.29. The van der Waals surface area contributed by atoms with E-state index in [9.17, 15) is 18.0 Å². The molecule has 0 spiro atoms. The summed E-state index contributed by atoms with van der Waals surface area (Å²) in [5.41, 5.74) is 1.77. The van der Waals surface area contributed by atoms with Crippen LogP contribution < -0.4 is 9.62 Å². The maximum Gasteiger partial charge on any atom is 0.264 e. The van der Waals surface area contributed by atoms with Crippen LogP contribution in [0.1, 0.15) is 38.3 Å². The second-order valence-corrected chi connectivity index (χ2v) is 12.7. The molecule has 2 amide bonds. The molecule has 0 heterocycles. The Morgan fingerprint density at radius 2 is 1.52 bits per heavy atom. The van der Waals surface area contributed by atoms with E-state index in [1.165, 1.54) is 35.2 Å². The van der Waals surface area contributed by atoms with E-state index in [2.05, 4.69) is 5.32 Å². The summed E-state index contributed by atoms with van der Waals surface area (Å²) in [4.78, 5) is 28.4. The summed E-state index contributed by atoms with van der Waals surface area (Å²) >= 11 is 18.4. The number of anilines is 1. The first-order valence-electron chi connectivity index (χ1n) is 12.7. The highest BCUT2D eigenvalue weighted by Crippen LogP contribution is 2.31. The van der Waals surface area contributed by atoms with Crippen molar-refractivity contribution in [1.82, 2.24) is 10.2 Å². The minimum absolute atomic E-state index is 0.00351. The maximum atomic E-state index is 13.9. The molecule has 2 atom stereocenters. The van der Waals surface area contributed by atoms with E-state index in [1.807, 2.05) is 20.8 Å². The van der Waals surface area contributed by atoms with Crippen LogP contribution in [0.15, 0.2) is 71.6 Å². The lowest BCUT2D eigenvalue weighted by Gasteiger charge is -2.32. The van der Waals surface area contributed by atoms with Crippen molar-refractivity contribution in [3.63, 3.8) is 0 Å². The van der Waals surface area contributed by atoms with Crippen molar-refractivity contribution < 1.29 is 18.0 Å². The molecule has 11 heteroatoms. The van der Waals surface area contributed by atoms with Crippen molar-refractivity contribution in [1.29, 1.82) is 0 Å². The Kier molecular flexibility index (Phi) is 10.9. The van der Waals surface area contributed by atoms with Gasteiger partial charge in [-0.3, -0.25) is 13.9 Å². The fourth-order valence-corrected chi connectivity index (χ4v) is 5.67. The zero-order valence-corrected chi connectivity index (χ0v) is 25.8. The van der Waals surface area contributed by atoms with Crippen molar-refractivity contribution in [2.75, 3.05) is 10.8 Å². The number of aryl methyl sites for hydroxylation is 1. The Morgan fingerprint density at radius 1 is 0.900 bits per heavy atom. The molecule has 3 aromatic rings. The molecule has 214 valence electrons. The van der Waals surface area contributed by atoms with Gasteiger partial charge >= 0.3 is 0 Å². The zero-order chi connectivity index (χ0) is 29.6. The monoisotopic (exact) mass is 623 g/mol. The van der Waals surface area contributed by atoms with Gasteiger partial charge in [0.05, 0.1) is 20.6 Å². The third kappa shape index (κ3) is 7.91. The largest absolute Gasteiger partial charge is 0.352 e. The fourth-order valence-electron chi connectivity index (χ4n) is 3.84. The highest BCUT2D eigenvalue weighted by molar-refractivity contribution is 7.92. The topological polar surface area (TPSA) is 86.8 Å². The number of carbonyl (C=O) groups is 2. The van der Waals surface area contributed by atoms with E-state index < -0.39 is 28.5 Å². The fraction of sp³-hybridized carbons (Fsp3) is 0.310. The Labute approximate surface area is 251 Å². The van der Waals surface area contributed by atoms with Gasteiger partial charge in [0.15, 0.2) is 0 Å². The molecule has 0 saturated carbocycles. The van der Waals surface area contributed by atoms with Gasteiger partial charge in [0.25, 0.3) is 10.0 Å². The molecule has 0 aliphatic carbocycles. The Balaban J connectivity index is 2.04. The van der Waals surface area contributed by atoms with Gasteiger partial charge < -0.3 is 10.2 Å². The van der Waals surface area contributed by atoms with Crippen LogP contribution in [0.5, 0.6) is 0 Å². The molecule has 0 bridgehead atoms. The highest BCUT2D eigenvalue weighted by atomic mass is 35.5. The number of halogens is 3. The van der Waals surface area contributed by atoms with Gasteiger partial charge in [0, 0.05) is 17.6 Å². The van der Waals surface area contributed by atoms with Crippen LogP contribution in [-0.2, 0) is 26.2 Å². The van der Waals surface area contributed by atoms with E-state index in [1.54, 1.807) is 43.3 Å². The second kappa shape index (κ2) is 13.7. The molecule has 0 aliphatic rings. The van der Waals surface area contributed by atoms with Crippen molar-refractivity contribution in [3.05, 3.63) is 92.9 Å². The molecule has 7 nitrogen and oxygen atoms in total. The number of sulfonamides is 1. The summed E-state index contributed by atoms with van der Waals surface area (Å²) in [7, 11) is -4.21. The van der Waals surface area contributed by atoms with Crippen LogP contribution in [0.25, 0.3) is 0 Å². The second-order valence-electron chi connectivity index (χ2n) is 9.57. The van der Waals surface area contributed by atoms with Gasteiger partial charge in [0.2, 0.25) is 11.8 Å². The number of hydrogen-bond acceptors (Lipinski definition) is 4. The first-order chi connectivity index (χ1) is 18.8. The van der Waals surface area contributed by atoms with Crippen LogP contribution in [-0.4, -0.2) is 43.8 Å². The number of benzene rings is 3. The van der Waals surface area contributed by atoms with Crippen LogP contribution in [0.3, 0.4) is 0 Å². The van der Waals surface area contributed by atoms with Crippen LogP contribution in [0, 0.1) is 6.92 Å². The standard InChI is InChI=1S/C29H32Cl3N3O4S/c1-5-20(3)33-29(37)21(4)34(17-22-8-10-23(30)11-9-22)28(36)18-35(24-12-15-26(31)27(32)16-24)40(38,39)25-13-6-19(2)7-14-25/h6-16,20-21H,5,17-18H2,1-4H3,(H,33,37)/t20-,21+/m0/s1. The molecule has 1 N–H and O–H groups in total. The van der Waals surface area contributed by atoms with Crippen molar-refractivity contribution in [2.24, 2.45) is 0 Å². The molecular formula is C29H32Cl3N3O4S. The van der Waals surface area contributed by atoms with Gasteiger partial charge in [-0.15, -0.1) is 0 Å². The number of nitrogens with one attached hydrogen (secondary N) is 1.